The highest BCUT2D eigenvalue weighted by Gasteiger charge is 2.29. The maximum atomic E-state index is 12.8. The number of nitrogens with one attached hydrogen (secondary N) is 1. The average Bonchev–Trinajstić information content (AvgIpc) is 2.75. The number of halogens is 2. The predicted octanol–water partition coefficient (Wildman–Crippen LogP) is 4.26. The van der Waals surface area contributed by atoms with E-state index in [1.807, 2.05) is 0 Å². The van der Waals surface area contributed by atoms with Crippen molar-refractivity contribution < 1.29 is 19.1 Å². The zero-order chi connectivity index (χ0) is 20.4. The van der Waals surface area contributed by atoms with Crippen LogP contribution in [0.1, 0.15) is 23.2 Å². The Morgan fingerprint density at radius 2 is 1.79 bits per heavy atom. The molecule has 0 radical (unpaired) electrons. The molecule has 2 aliphatic heterocycles. The highest BCUT2D eigenvalue weighted by molar-refractivity contribution is 6.42. The Labute approximate surface area is 178 Å². The van der Waals surface area contributed by atoms with Crippen LogP contribution in [0.2, 0.25) is 10.0 Å². The maximum Gasteiger partial charge on any atom is 0.253 e. The second-order valence-corrected chi connectivity index (χ2v) is 7.88. The van der Waals surface area contributed by atoms with Gasteiger partial charge in [-0.25, -0.2) is 0 Å². The number of anilines is 1. The van der Waals surface area contributed by atoms with E-state index < -0.39 is 0 Å². The van der Waals surface area contributed by atoms with Gasteiger partial charge < -0.3 is 19.7 Å². The SMILES string of the molecule is O=C(Nc1ccc2c(c1)OCCO2)C1CCCN(C(=O)c2ccc(Cl)c(Cl)c2)C1. The summed E-state index contributed by atoms with van der Waals surface area (Å²) >= 11 is 12.0. The molecule has 0 saturated carbocycles. The Morgan fingerprint density at radius 1 is 1.00 bits per heavy atom. The first-order valence-electron chi connectivity index (χ1n) is 9.46. The van der Waals surface area contributed by atoms with Crippen molar-refractivity contribution in [1.29, 1.82) is 0 Å². The zero-order valence-corrected chi connectivity index (χ0v) is 17.1. The lowest BCUT2D eigenvalue weighted by atomic mass is 9.96. The summed E-state index contributed by atoms with van der Waals surface area (Å²) < 4.78 is 11.1. The molecule has 0 aromatic heterocycles. The number of ether oxygens (including phenoxy) is 2. The molecule has 4 rings (SSSR count). The smallest absolute Gasteiger partial charge is 0.253 e. The van der Waals surface area contributed by atoms with Gasteiger partial charge in [0.15, 0.2) is 11.5 Å². The fourth-order valence-corrected chi connectivity index (χ4v) is 3.85. The van der Waals surface area contributed by atoms with Gasteiger partial charge in [-0.05, 0) is 43.2 Å². The van der Waals surface area contributed by atoms with Crippen LogP contribution in [0.5, 0.6) is 11.5 Å². The molecule has 0 spiro atoms. The van der Waals surface area contributed by atoms with Crippen molar-refractivity contribution in [2.45, 2.75) is 12.8 Å². The molecule has 1 atom stereocenters. The second-order valence-electron chi connectivity index (χ2n) is 7.07. The number of carbonyl (C=O) groups excluding carboxylic acids is 2. The first kappa shape index (κ1) is 19.9. The molecule has 6 nitrogen and oxygen atoms in total. The molecule has 1 unspecified atom stereocenters. The molecule has 1 saturated heterocycles. The van der Waals surface area contributed by atoms with Crippen LogP contribution < -0.4 is 14.8 Å². The molecule has 1 fully saturated rings. The molecule has 8 heteroatoms. The Balaban J connectivity index is 1.41. The van der Waals surface area contributed by atoms with Gasteiger partial charge in [-0.2, -0.15) is 0 Å². The molecule has 2 aromatic rings. The molecular formula is C21H20Cl2N2O4. The fraction of sp³-hybridized carbons (Fsp3) is 0.333. The van der Waals surface area contributed by atoms with Gasteiger partial charge in [-0.3, -0.25) is 9.59 Å². The summed E-state index contributed by atoms with van der Waals surface area (Å²) in [6, 6.07) is 10.1. The van der Waals surface area contributed by atoms with E-state index in [1.54, 1.807) is 41.3 Å². The summed E-state index contributed by atoms with van der Waals surface area (Å²) in [5.41, 5.74) is 1.11. The van der Waals surface area contributed by atoms with Crippen molar-refractivity contribution >= 4 is 40.7 Å². The number of amides is 2. The van der Waals surface area contributed by atoms with Gasteiger partial charge in [0.2, 0.25) is 5.91 Å². The molecule has 0 aliphatic carbocycles. The van der Waals surface area contributed by atoms with Gasteiger partial charge in [0.1, 0.15) is 13.2 Å². The molecule has 2 amide bonds. The molecule has 152 valence electrons. The lowest BCUT2D eigenvalue weighted by Gasteiger charge is -2.32. The Hall–Kier alpha value is -2.44. The summed E-state index contributed by atoms with van der Waals surface area (Å²) in [5, 5.41) is 3.66. The third-order valence-electron chi connectivity index (χ3n) is 5.06. The molecule has 1 N–H and O–H groups in total. The minimum atomic E-state index is -0.288. The quantitative estimate of drug-likeness (QED) is 0.783. The minimum Gasteiger partial charge on any atom is -0.486 e. The number of hydrogen-bond acceptors (Lipinski definition) is 4. The first-order chi connectivity index (χ1) is 14.0. The van der Waals surface area contributed by atoms with Crippen molar-refractivity contribution in [3.63, 3.8) is 0 Å². The molecule has 0 bridgehead atoms. The third kappa shape index (κ3) is 4.43. The van der Waals surface area contributed by atoms with E-state index in [0.717, 1.165) is 12.8 Å². The highest BCUT2D eigenvalue weighted by Crippen LogP contribution is 2.33. The largest absolute Gasteiger partial charge is 0.486 e. The second kappa shape index (κ2) is 8.51. The monoisotopic (exact) mass is 434 g/mol. The van der Waals surface area contributed by atoms with Crippen LogP contribution >= 0.6 is 23.2 Å². The van der Waals surface area contributed by atoms with Crippen LogP contribution in [0, 0.1) is 5.92 Å². The Kier molecular flexibility index (Phi) is 5.83. The van der Waals surface area contributed by atoms with E-state index in [4.69, 9.17) is 32.7 Å². The van der Waals surface area contributed by atoms with E-state index in [-0.39, 0.29) is 17.7 Å². The topological polar surface area (TPSA) is 67.9 Å². The van der Waals surface area contributed by atoms with Gasteiger partial charge in [0, 0.05) is 30.4 Å². The van der Waals surface area contributed by atoms with Crippen LogP contribution in [-0.4, -0.2) is 43.0 Å². The van der Waals surface area contributed by atoms with Crippen LogP contribution in [0.4, 0.5) is 5.69 Å². The molecule has 2 aliphatic rings. The van der Waals surface area contributed by atoms with Gasteiger partial charge in [0.05, 0.1) is 16.0 Å². The number of fused-ring (bicyclic) bond motifs is 1. The van der Waals surface area contributed by atoms with Gasteiger partial charge in [-0.1, -0.05) is 23.2 Å². The van der Waals surface area contributed by atoms with Crippen molar-refractivity contribution in [3.8, 4) is 11.5 Å². The summed E-state index contributed by atoms with van der Waals surface area (Å²) in [4.78, 5) is 27.3. The zero-order valence-electron chi connectivity index (χ0n) is 15.6. The van der Waals surface area contributed by atoms with Crippen LogP contribution in [0.25, 0.3) is 0 Å². The molecule has 2 aromatic carbocycles. The van der Waals surface area contributed by atoms with E-state index in [2.05, 4.69) is 5.32 Å². The number of rotatable bonds is 3. The summed E-state index contributed by atoms with van der Waals surface area (Å²) in [5.74, 6) is 0.733. The lowest BCUT2D eigenvalue weighted by Crippen LogP contribution is -2.43. The highest BCUT2D eigenvalue weighted by atomic mass is 35.5. The van der Waals surface area contributed by atoms with Crippen molar-refractivity contribution in [2.75, 3.05) is 31.6 Å². The molecular weight excluding hydrogens is 415 g/mol. The van der Waals surface area contributed by atoms with Crippen LogP contribution in [0.15, 0.2) is 36.4 Å². The lowest BCUT2D eigenvalue weighted by molar-refractivity contribution is -0.121. The number of likely N-dealkylation sites (tertiary alicyclic amines) is 1. The van der Waals surface area contributed by atoms with Crippen LogP contribution in [0.3, 0.4) is 0 Å². The third-order valence-corrected chi connectivity index (χ3v) is 5.79. The standard InChI is InChI=1S/C21H20Cl2N2O4/c22-16-5-3-13(10-17(16)23)21(27)25-7-1-2-14(12-25)20(26)24-15-4-6-18-19(11-15)29-9-8-28-18/h3-6,10-11,14H,1-2,7-9,12H2,(H,24,26). The number of hydrogen-bond donors (Lipinski definition) is 1. The maximum absolute atomic E-state index is 12.8. The van der Waals surface area contributed by atoms with Gasteiger partial charge in [0.25, 0.3) is 5.91 Å². The molecule has 29 heavy (non-hydrogen) atoms. The number of carbonyl (C=O) groups is 2. The van der Waals surface area contributed by atoms with Crippen molar-refractivity contribution in [3.05, 3.63) is 52.0 Å². The van der Waals surface area contributed by atoms with E-state index in [0.29, 0.717) is 59.1 Å². The van der Waals surface area contributed by atoms with E-state index in [1.165, 1.54) is 0 Å². The summed E-state index contributed by atoms with van der Waals surface area (Å²) in [6.45, 7) is 1.96. The van der Waals surface area contributed by atoms with E-state index in [9.17, 15) is 9.59 Å². The number of benzene rings is 2. The van der Waals surface area contributed by atoms with E-state index >= 15 is 0 Å². The normalized spacial score (nSPS) is 18.3. The number of piperidine rings is 1. The first-order valence-corrected chi connectivity index (χ1v) is 10.2. The minimum absolute atomic E-state index is 0.117. The average molecular weight is 435 g/mol. The predicted molar refractivity (Wildman–Crippen MR) is 111 cm³/mol. The summed E-state index contributed by atoms with van der Waals surface area (Å²) in [7, 11) is 0. The Morgan fingerprint density at radius 3 is 2.59 bits per heavy atom. The van der Waals surface area contributed by atoms with Gasteiger partial charge in [-0.15, -0.1) is 0 Å². The Bertz CT molecular complexity index is 950. The van der Waals surface area contributed by atoms with Crippen LogP contribution in [-0.2, 0) is 4.79 Å². The fourth-order valence-electron chi connectivity index (χ4n) is 3.55. The number of nitrogens with zero attached hydrogens (tertiary/aromatic N) is 1. The molecule has 2 heterocycles. The van der Waals surface area contributed by atoms with Crippen molar-refractivity contribution in [2.24, 2.45) is 5.92 Å². The van der Waals surface area contributed by atoms with Gasteiger partial charge >= 0.3 is 0 Å². The van der Waals surface area contributed by atoms with Crippen molar-refractivity contribution in [1.82, 2.24) is 4.90 Å². The summed E-state index contributed by atoms with van der Waals surface area (Å²) in [6.07, 6.45) is 1.48.